The lowest BCUT2D eigenvalue weighted by Crippen LogP contribution is -2.49. The van der Waals surface area contributed by atoms with Crippen molar-refractivity contribution in [3.05, 3.63) is 29.8 Å². The zero-order valence-electron chi connectivity index (χ0n) is 11.8. The van der Waals surface area contributed by atoms with Gasteiger partial charge in [0.05, 0.1) is 0 Å². The number of nitrogens with zero attached hydrogens (tertiary/aromatic N) is 1. The van der Waals surface area contributed by atoms with Crippen LogP contribution in [0.25, 0.3) is 0 Å². The molecule has 2 heteroatoms. The maximum Gasteiger partial charge on any atom is 0.0470 e. The van der Waals surface area contributed by atoms with Gasteiger partial charge in [-0.15, -0.1) is 0 Å². The zero-order chi connectivity index (χ0) is 12.8. The molecule has 0 atom stereocenters. The minimum Gasteiger partial charge on any atom is -0.365 e. The first kappa shape index (κ1) is 12.0. The molecule has 1 aromatic carbocycles. The van der Waals surface area contributed by atoms with Crippen molar-refractivity contribution < 1.29 is 0 Å². The molecule has 0 unspecified atom stereocenters. The average molecular weight is 244 g/mol. The fourth-order valence-corrected chi connectivity index (χ4v) is 3.01. The summed E-state index contributed by atoms with van der Waals surface area (Å²) in [4.78, 5) is 2.61. The van der Waals surface area contributed by atoms with Gasteiger partial charge in [0.15, 0.2) is 0 Å². The second-order valence-electron chi connectivity index (χ2n) is 6.84. The fraction of sp³-hybridized carbons (Fsp3) is 0.625. The van der Waals surface area contributed by atoms with Crippen molar-refractivity contribution in [1.82, 2.24) is 5.32 Å². The molecule has 2 nitrogen and oxygen atoms in total. The van der Waals surface area contributed by atoms with Crippen molar-refractivity contribution in [1.29, 1.82) is 0 Å². The molecule has 1 saturated carbocycles. The Morgan fingerprint density at radius 2 is 1.72 bits per heavy atom. The maximum absolute atomic E-state index is 3.66. The highest BCUT2D eigenvalue weighted by molar-refractivity contribution is 5.51. The summed E-state index contributed by atoms with van der Waals surface area (Å²) in [6.07, 6.45) is 2.77. The molecule has 0 amide bonds. The van der Waals surface area contributed by atoms with E-state index in [0.29, 0.717) is 5.41 Å². The summed E-state index contributed by atoms with van der Waals surface area (Å²) in [7, 11) is 0. The van der Waals surface area contributed by atoms with E-state index in [2.05, 4.69) is 55.3 Å². The van der Waals surface area contributed by atoms with Gasteiger partial charge in [0.25, 0.3) is 0 Å². The summed E-state index contributed by atoms with van der Waals surface area (Å²) in [5, 5.41) is 3.66. The summed E-state index contributed by atoms with van der Waals surface area (Å²) in [5.74, 6) is 0. The second kappa shape index (κ2) is 3.99. The van der Waals surface area contributed by atoms with E-state index in [1.165, 1.54) is 37.2 Å². The zero-order valence-corrected chi connectivity index (χ0v) is 11.8. The monoisotopic (exact) mass is 244 g/mol. The van der Waals surface area contributed by atoms with E-state index in [4.69, 9.17) is 0 Å². The van der Waals surface area contributed by atoms with Crippen LogP contribution in [0.5, 0.6) is 0 Å². The van der Waals surface area contributed by atoms with Gasteiger partial charge in [0, 0.05) is 36.3 Å². The van der Waals surface area contributed by atoms with Crippen LogP contribution in [0.15, 0.2) is 24.3 Å². The molecule has 1 heterocycles. The number of anilines is 1. The number of rotatable bonds is 1. The smallest absolute Gasteiger partial charge is 0.0470 e. The van der Waals surface area contributed by atoms with E-state index >= 15 is 0 Å². The van der Waals surface area contributed by atoms with Gasteiger partial charge in [-0.05, 0) is 45.7 Å². The standard InChI is InChI=1S/C16H24N2/c1-13-4-6-14(7-5-13)18-12-16(8-9-16)11-17-10-15(18,2)3/h4-7,17H,8-12H2,1-3H3. The molecule has 1 aromatic rings. The molecule has 1 N–H and O–H groups in total. The quantitative estimate of drug-likeness (QED) is 0.817. The molecule has 18 heavy (non-hydrogen) atoms. The molecule has 2 aliphatic rings. The third kappa shape index (κ3) is 2.14. The van der Waals surface area contributed by atoms with E-state index in [-0.39, 0.29) is 5.54 Å². The summed E-state index contributed by atoms with van der Waals surface area (Å²) in [6, 6.07) is 9.00. The molecule has 98 valence electrons. The Hall–Kier alpha value is -1.02. The topological polar surface area (TPSA) is 15.3 Å². The van der Waals surface area contributed by atoms with E-state index in [0.717, 1.165) is 6.54 Å². The molecule has 1 spiro atoms. The molecule has 1 aliphatic heterocycles. The van der Waals surface area contributed by atoms with E-state index in [1.807, 2.05) is 0 Å². The van der Waals surface area contributed by atoms with Crippen molar-refractivity contribution in [3.63, 3.8) is 0 Å². The van der Waals surface area contributed by atoms with Crippen LogP contribution in [0.3, 0.4) is 0 Å². The highest BCUT2D eigenvalue weighted by Crippen LogP contribution is 2.48. The van der Waals surface area contributed by atoms with Crippen molar-refractivity contribution >= 4 is 5.69 Å². The van der Waals surface area contributed by atoms with Gasteiger partial charge in [-0.1, -0.05) is 17.7 Å². The summed E-state index contributed by atoms with van der Waals surface area (Å²) in [6.45, 7) is 10.3. The lowest BCUT2D eigenvalue weighted by atomic mass is 9.99. The Morgan fingerprint density at radius 3 is 2.33 bits per heavy atom. The highest BCUT2D eigenvalue weighted by Gasteiger charge is 2.47. The van der Waals surface area contributed by atoms with Gasteiger partial charge in [-0.25, -0.2) is 0 Å². The van der Waals surface area contributed by atoms with Crippen molar-refractivity contribution in [2.45, 2.75) is 39.2 Å². The van der Waals surface area contributed by atoms with Gasteiger partial charge in [0.2, 0.25) is 0 Å². The Labute approximate surface area is 110 Å². The van der Waals surface area contributed by atoms with Crippen LogP contribution in [-0.2, 0) is 0 Å². The molecule has 0 bridgehead atoms. The van der Waals surface area contributed by atoms with Crippen LogP contribution in [0, 0.1) is 12.3 Å². The summed E-state index contributed by atoms with van der Waals surface area (Å²) < 4.78 is 0. The predicted molar refractivity (Wildman–Crippen MR) is 77.1 cm³/mol. The SMILES string of the molecule is Cc1ccc(N2CC3(CC3)CNCC2(C)C)cc1. The first-order valence-electron chi connectivity index (χ1n) is 7.06. The van der Waals surface area contributed by atoms with Crippen LogP contribution < -0.4 is 10.2 Å². The first-order valence-corrected chi connectivity index (χ1v) is 7.06. The van der Waals surface area contributed by atoms with E-state index < -0.39 is 0 Å². The normalized spacial score (nSPS) is 24.9. The molecule has 1 saturated heterocycles. The molecular weight excluding hydrogens is 220 g/mol. The molecule has 1 aliphatic carbocycles. The van der Waals surface area contributed by atoms with Gasteiger partial charge in [-0.3, -0.25) is 0 Å². The third-order valence-corrected chi connectivity index (χ3v) is 4.58. The number of benzene rings is 1. The largest absolute Gasteiger partial charge is 0.365 e. The molecule has 0 radical (unpaired) electrons. The summed E-state index contributed by atoms with van der Waals surface area (Å²) >= 11 is 0. The second-order valence-corrected chi connectivity index (χ2v) is 6.84. The van der Waals surface area contributed by atoms with Crippen molar-refractivity contribution in [3.8, 4) is 0 Å². The number of hydrogen-bond acceptors (Lipinski definition) is 2. The van der Waals surface area contributed by atoms with E-state index in [9.17, 15) is 0 Å². The minimum absolute atomic E-state index is 0.196. The van der Waals surface area contributed by atoms with Crippen LogP contribution in [-0.4, -0.2) is 25.2 Å². The van der Waals surface area contributed by atoms with Gasteiger partial charge < -0.3 is 10.2 Å². The van der Waals surface area contributed by atoms with Crippen LogP contribution in [0.1, 0.15) is 32.3 Å². The maximum atomic E-state index is 3.66. The van der Waals surface area contributed by atoms with Crippen molar-refractivity contribution in [2.75, 3.05) is 24.5 Å². The number of aryl methyl sites for hydroxylation is 1. The van der Waals surface area contributed by atoms with Crippen LogP contribution in [0.2, 0.25) is 0 Å². The number of nitrogens with one attached hydrogen (secondary N) is 1. The molecular formula is C16H24N2. The van der Waals surface area contributed by atoms with Crippen LogP contribution >= 0.6 is 0 Å². The number of hydrogen-bond donors (Lipinski definition) is 1. The molecule has 2 fully saturated rings. The van der Waals surface area contributed by atoms with Gasteiger partial charge in [0.1, 0.15) is 0 Å². The van der Waals surface area contributed by atoms with Crippen LogP contribution in [0.4, 0.5) is 5.69 Å². The first-order chi connectivity index (χ1) is 8.51. The Balaban J connectivity index is 1.92. The molecule has 0 aromatic heterocycles. The average Bonchev–Trinajstić information content (AvgIpc) is 3.08. The third-order valence-electron chi connectivity index (χ3n) is 4.58. The predicted octanol–water partition coefficient (Wildman–Crippen LogP) is 2.96. The van der Waals surface area contributed by atoms with Gasteiger partial charge in [-0.2, -0.15) is 0 Å². The van der Waals surface area contributed by atoms with E-state index in [1.54, 1.807) is 0 Å². The highest BCUT2D eigenvalue weighted by atomic mass is 15.2. The Bertz CT molecular complexity index is 429. The fourth-order valence-electron chi connectivity index (χ4n) is 3.01. The summed E-state index contributed by atoms with van der Waals surface area (Å²) in [5.41, 5.74) is 3.46. The molecule has 3 rings (SSSR count). The lowest BCUT2D eigenvalue weighted by Gasteiger charge is -2.40. The van der Waals surface area contributed by atoms with Crippen molar-refractivity contribution in [2.24, 2.45) is 5.41 Å². The minimum atomic E-state index is 0.196. The lowest BCUT2D eigenvalue weighted by molar-refractivity contribution is 0.456. The van der Waals surface area contributed by atoms with Gasteiger partial charge >= 0.3 is 0 Å². The Kier molecular flexibility index (Phi) is 2.67. The Morgan fingerprint density at radius 1 is 1.06 bits per heavy atom.